The van der Waals surface area contributed by atoms with E-state index in [9.17, 15) is 4.39 Å². The van der Waals surface area contributed by atoms with Crippen LogP contribution in [0.25, 0.3) is 22.8 Å². The molecule has 0 amide bonds. The molecule has 5 heteroatoms. The molecule has 3 aromatic rings. The molecular formula is C15H12FN3O. The Morgan fingerprint density at radius 2 is 2.00 bits per heavy atom. The normalized spacial score (nSPS) is 10.7. The van der Waals surface area contributed by atoms with E-state index in [1.165, 1.54) is 6.07 Å². The summed E-state index contributed by atoms with van der Waals surface area (Å²) in [7, 11) is 0. The van der Waals surface area contributed by atoms with Crippen molar-refractivity contribution < 1.29 is 8.91 Å². The molecular weight excluding hydrogens is 257 g/mol. The Bertz CT molecular complexity index is 767. The van der Waals surface area contributed by atoms with E-state index in [4.69, 9.17) is 10.3 Å². The molecule has 0 aliphatic rings. The van der Waals surface area contributed by atoms with Gasteiger partial charge in [0.05, 0.1) is 5.56 Å². The Balaban J connectivity index is 2.04. The standard InChI is InChI=1S/C15H12FN3O/c1-9-5-6-13(16)12(7-9)15-18-14(19-20-15)10-3-2-4-11(17)8-10/h2-8H,17H2,1H3. The van der Waals surface area contributed by atoms with E-state index in [0.717, 1.165) is 11.1 Å². The first-order chi connectivity index (χ1) is 9.63. The molecule has 20 heavy (non-hydrogen) atoms. The number of hydrogen-bond donors (Lipinski definition) is 1. The Morgan fingerprint density at radius 3 is 2.80 bits per heavy atom. The van der Waals surface area contributed by atoms with Gasteiger partial charge in [0.25, 0.3) is 5.89 Å². The van der Waals surface area contributed by atoms with Crippen molar-refractivity contribution in [3.05, 3.63) is 53.8 Å². The molecule has 4 nitrogen and oxygen atoms in total. The van der Waals surface area contributed by atoms with E-state index in [1.807, 2.05) is 13.0 Å². The summed E-state index contributed by atoms with van der Waals surface area (Å²) in [6, 6.07) is 11.9. The van der Waals surface area contributed by atoms with Crippen molar-refractivity contribution in [2.24, 2.45) is 0 Å². The maximum atomic E-state index is 13.8. The van der Waals surface area contributed by atoms with Crippen LogP contribution in [-0.4, -0.2) is 10.1 Å². The summed E-state index contributed by atoms with van der Waals surface area (Å²) in [4.78, 5) is 4.22. The average molecular weight is 269 g/mol. The van der Waals surface area contributed by atoms with E-state index < -0.39 is 5.82 Å². The molecule has 1 heterocycles. The van der Waals surface area contributed by atoms with Crippen LogP contribution < -0.4 is 5.73 Å². The van der Waals surface area contributed by atoms with Crippen LogP contribution in [0.2, 0.25) is 0 Å². The number of nitrogen functional groups attached to an aromatic ring is 1. The highest BCUT2D eigenvalue weighted by Crippen LogP contribution is 2.25. The molecule has 1 aromatic heterocycles. The maximum absolute atomic E-state index is 13.8. The van der Waals surface area contributed by atoms with Gasteiger partial charge in [-0.2, -0.15) is 4.98 Å². The molecule has 0 fully saturated rings. The molecule has 0 aliphatic carbocycles. The number of aryl methyl sites for hydroxylation is 1. The summed E-state index contributed by atoms with van der Waals surface area (Å²) >= 11 is 0. The third kappa shape index (κ3) is 2.25. The van der Waals surface area contributed by atoms with Gasteiger partial charge in [0, 0.05) is 11.3 Å². The lowest BCUT2D eigenvalue weighted by atomic mass is 10.1. The molecule has 100 valence electrons. The van der Waals surface area contributed by atoms with Gasteiger partial charge in [0.2, 0.25) is 5.82 Å². The van der Waals surface area contributed by atoms with Crippen LogP contribution in [0, 0.1) is 12.7 Å². The van der Waals surface area contributed by atoms with Crippen LogP contribution in [0.1, 0.15) is 5.56 Å². The van der Waals surface area contributed by atoms with E-state index >= 15 is 0 Å². The van der Waals surface area contributed by atoms with Crippen LogP contribution in [-0.2, 0) is 0 Å². The molecule has 0 saturated heterocycles. The van der Waals surface area contributed by atoms with Crippen molar-refractivity contribution in [2.45, 2.75) is 6.92 Å². The number of benzene rings is 2. The van der Waals surface area contributed by atoms with E-state index in [2.05, 4.69) is 10.1 Å². The molecule has 2 N–H and O–H groups in total. The monoisotopic (exact) mass is 269 g/mol. The summed E-state index contributed by atoms with van der Waals surface area (Å²) in [5, 5.41) is 3.87. The minimum Gasteiger partial charge on any atom is -0.399 e. The van der Waals surface area contributed by atoms with Gasteiger partial charge in [0.15, 0.2) is 0 Å². The fourth-order valence-corrected chi connectivity index (χ4v) is 1.93. The molecule has 0 unspecified atom stereocenters. The van der Waals surface area contributed by atoms with Gasteiger partial charge in [0.1, 0.15) is 5.82 Å². The van der Waals surface area contributed by atoms with Crippen molar-refractivity contribution in [1.29, 1.82) is 0 Å². The minimum absolute atomic E-state index is 0.156. The van der Waals surface area contributed by atoms with E-state index in [1.54, 1.807) is 30.3 Å². The summed E-state index contributed by atoms with van der Waals surface area (Å²) < 4.78 is 18.9. The van der Waals surface area contributed by atoms with Crippen molar-refractivity contribution >= 4 is 5.69 Å². The zero-order valence-corrected chi connectivity index (χ0v) is 10.8. The second-order valence-electron chi connectivity index (χ2n) is 4.53. The van der Waals surface area contributed by atoms with Gasteiger partial charge >= 0.3 is 0 Å². The predicted octanol–water partition coefficient (Wildman–Crippen LogP) is 3.43. The lowest BCUT2D eigenvalue weighted by Gasteiger charge is -1.98. The number of nitrogens with two attached hydrogens (primary N) is 1. The molecule has 0 aliphatic heterocycles. The maximum Gasteiger partial charge on any atom is 0.261 e. The zero-order valence-electron chi connectivity index (χ0n) is 10.8. The van der Waals surface area contributed by atoms with E-state index in [0.29, 0.717) is 17.1 Å². The smallest absolute Gasteiger partial charge is 0.261 e. The van der Waals surface area contributed by atoms with Crippen molar-refractivity contribution in [3.8, 4) is 22.8 Å². The number of nitrogens with zero attached hydrogens (tertiary/aromatic N) is 2. The summed E-state index contributed by atoms with van der Waals surface area (Å²) in [6.45, 7) is 1.87. The summed E-state index contributed by atoms with van der Waals surface area (Å²) in [5.41, 5.74) is 8.27. The van der Waals surface area contributed by atoms with Crippen LogP contribution in [0.15, 0.2) is 47.0 Å². The SMILES string of the molecule is Cc1ccc(F)c(-c2nc(-c3cccc(N)c3)no2)c1. The Labute approximate surface area is 115 Å². The highest BCUT2D eigenvalue weighted by molar-refractivity contribution is 5.63. The topological polar surface area (TPSA) is 64.9 Å². The number of aromatic nitrogens is 2. The highest BCUT2D eigenvalue weighted by atomic mass is 19.1. The van der Waals surface area contributed by atoms with E-state index in [-0.39, 0.29) is 5.89 Å². The lowest BCUT2D eigenvalue weighted by molar-refractivity contribution is 0.429. The molecule has 3 rings (SSSR count). The van der Waals surface area contributed by atoms with Crippen molar-refractivity contribution in [3.63, 3.8) is 0 Å². The average Bonchev–Trinajstić information content (AvgIpc) is 2.91. The van der Waals surface area contributed by atoms with Gasteiger partial charge in [-0.25, -0.2) is 4.39 Å². The lowest BCUT2D eigenvalue weighted by Crippen LogP contribution is -1.88. The van der Waals surface area contributed by atoms with Gasteiger partial charge in [-0.3, -0.25) is 0 Å². The Hall–Kier alpha value is -2.69. The van der Waals surface area contributed by atoms with Crippen LogP contribution in [0.3, 0.4) is 0 Å². The highest BCUT2D eigenvalue weighted by Gasteiger charge is 2.14. The Kier molecular flexibility index (Phi) is 2.95. The molecule has 0 radical (unpaired) electrons. The van der Waals surface area contributed by atoms with Crippen LogP contribution >= 0.6 is 0 Å². The van der Waals surface area contributed by atoms with Crippen LogP contribution in [0.5, 0.6) is 0 Å². The second-order valence-corrected chi connectivity index (χ2v) is 4.53. The molecule has 2 aromatic carbocycles. The van der Waals surface area contributed by atoms with Gasteiger partial charge in [-0.05, 0) is 31.2 Å². The van der Waals surface area contributed by atoms with Crippen molar-refractivity contribution in [1.82, 2.24) is 10.1 Å². The van der Waals surface area contributed by atoms with Gasteiger partial charge in [-0.1, -0.05) is 28.9 Å². The molecule has 0 spiro atoms. The first-order valence-corrected chi connectivity index (χ1v) is 6.09. The fraction of sp³-hybridized carbons (Fsp3) is 0.0667. The minimum atomic E-state index is -0.390. The predicted molar refractivity (Wildman–Crippen MR) is 74.3 cm³/mol. The third-order valence-corrected chi connectivity index (χ3v) is 2.92. The largest absolute Gasteiger partial charge is 0.399 e. The number of hydrogen-bond acceptors (Lipinski definition) is 4. The number of anilines is 1. The Morgan fingerprint density at radius 1 is 1.15 bits per heavy atom. The summed E-state index contributed by atoms with van der Waals surface area (Å²) in [5.74, 6) is 0.148. The van der Waals surface area contributed by atoms with Crippen molar-refractivity contribution in [2.75, 3.05) is 5.73 Å². The fourth-order valence-electron chi connectivity index (χ4n) is 1.93. The molecule has 0 saturated carbocycles. The van der Waals surface area contributed by atoms with Gasteiger partial charge < -0.3 is 10.3 Å². The quantitative estimate of drug-likeness (QED) is 0.724. The molecule has 0 atom stereocenters. The second kappa shape index (κ2) is 4.77. The van der Waals surface area contributed by atoms with Crippen LogP contribution in [0.4, 0.5) is 10.1 Å². The zero-order chi connectivity index (χ0) is 14.1. The molecule has 0 bridgehead atoms. The number of rotatable bonds is 2. The van der Waals surface area contributed by atoms with Gasteiger partial charge in [-0.15, -0.1) is 0 Å². The third-order valence-electron chi connectivity index (χ3n) is 2.92. The number of halogens is 1. The first kappa shape index (κ1) is 12.3. The summed E-state index contributed by atoms with van der Waals surface area (Å²) in [6.07, 6.45) is 0. The first-order valence-electron chi connectivity index (χ1n) is 6.09.